The lowest BCUT2D eigenvalue weighted by Crippen LogP contribution is -2.38. The van der Waals surface area contributed by atoms with Crippen molar-refractivity contribution in [1.82, 2.24) is 4.98 Å². The van der Waals surface area contributed by atoms with Crippen LogP contribution in [0.3, 0.4) is 0 Å². The standard InChI is InChI=1S/C11H15F2N3/c1-7-4-2-3-5-16(7)11-9(13)6-8(12)10(14)15-11/h6-7H,2-5H2,1H3,(H2,14,15). The van der Waals surface area contributed by atoms with Crippen LogP contribution in [-0.2, 0) is 0 Å². The molecule has 3 nitrogen and oxygen atoms in total. The van der Waals surface area contributed by atoms with E-state index in [2.05, 4.69) is 4.98 Å². The van der Waals surface area contributed by atoms with Crippen molar-refractivity contribution in [3.05, 3.63) is 17.7 Å². The Labute approximate surface area is 93.3 Å². The largest absolute Gasteiger partial charge is 0.381 e. The number of rotatable bonds is 1. The first-order valence-electron chi connectivity index (χ1n) is 5.47. The highest BCUT2D eigenvalue weighted by atomic mass is 19.1. The van der Waals surface area contributed by atoms with Crippen LogP contribution in [0.5, 0.6) is 0 Å². The Balaban J connectivity index is 2.35. The second-order valence-electron chi connectivity index (χ2n) is 4.20. The SMILES string of the molecule is CC1CCCCN1c1nc(N)c(F)cc1F. The second kappa shape index (κ2) is 4.23. The normalized spacial score (nSPS) is 21.2. The van der Waals surface area contributed by atoms with Gasteiger partial charge in [0.05, 0.1) is 0 Å². The van der Waals surface area contributed by atoms with Gasteiger partial charge in [-0.1, -0.05) is 0 Å². The summed E-state index contributed by atoms with van der Waals surface area (Å²) in [6.07, 6.45) is 3.14. The van der Waals surface area contributed by atoms with Crippen molar-refractivity contribution in [3.8, 4) is 0 Å². The van der Waals surface area contributed by atoms with Crippen LogP contribution in [0.15, 0.2) is 6.07 Å². The smallest absolute Gasteiger partial charge is 0.168 e. The maximum atomic E-state index is 13.6. The lowest BCUT2D eigenvalue weighted by molar-refractivity contribution is 0.468. The number of hydrogen-bond acceptors (Lipinski definition) is 3. The first kappa shape index (κ1) is 11.1. The number of hydrogen-bond donors (Lipinski definition) is 1. The van der Waals surface area contributed by atoms with E-state index in [4.69, 9.17) is 5.73 Å². The van der Waals surface area contributed by atoms with Crippen molar-refractivity contribution in [2.24, 2.45) is 0 Å². The lowest BCUT2D eigenvalue weighted by Gasteiger charge is -2.34. The topological polar surface area (TPSA) is 42.2 Å². The van der Waals surface area contributed by atoms with Crippen molar-refractivity contribution in [3.63, 3.8) is 0 Å². The highest BCUT2D eigenvalue weighted by Crippen LogP contribution is 2.27. The van der Waals surface area contributed by atoms with E-state index in [1.165, 1.54) is 0 Å². The molecule has 1 saturated heterocycles. The molecule has 0 saturated carbocycles. The van der Waals surface area contributed by atoms with Crippen LogP contribution < -0.4 is 10.6 Å². The second-order valence-corrected chi connectivity index (χ2v) is 4.20. The highest BCUT2D eigenvalue weighted by Gasteiger charge is 2.23. The molecule has 5 heteroatoms. The van der Waals surface area contributed by atoms with Gasteiger partial charge in [0.1, 0.15) is 0 Å². The third-order valence-corrected chi connectivity index (χ3v) is 3.01. The summed E-state index contributed by atoms with van der Waals surface area (Å²) >= 11 is 0. The molecule has 1 aromatic heterocycles. The van der Waals surface area contributed by atoms with Crippen molar-refractivity contribution < 1.29 is 8.78 Å². The van der Waals surface area contributed by atoms with Gasteiger partial charge in [0.2, 0.25) is 0 Å². The molecular weight excluding hydrogens is 212 g/mol. The zero-order valence-electron chi connectivity index (χ0n) is 9.21. The summed E-state index contributed by atoms with van der Waals surface area (Å²) < 4.78 is 26.6. The molecule has 0 amide bonds. The molecule has 0 spiro atoms. The van der Waals surface area contributed by atoms with Gasteiger partial charge >= 0.3 is 0 Å². The summed E-state index contributed by atoms with van der Waals surface area (Å²) in [5.41, 5.74) is 5.36. The van der Waals surface area contributed by atoms with Gasteiger partial charge in [-0.3, -0.25) is 0 Å². The van der Waals surface area contributed by atoms with Crippen LogP contribution in [-0.4, -0.2) is 17.6 Å². The summed E-state index contributed by atoms with van der Waals surface area (Å²) in [6.45, 7) is 2.76. The quantitative estimate of drug-likeness (QED) is 0.800. The van der Waals surface area contributed by atoms with Crippen LogP contribution in [0.25, 0.3) is 0 Å². The first-order chi connectivity index (χ1) is 7.59. The number of anilines is 2. The number of nitrogens with zero attached hydrogens (tertiary/aromatic N) is 2. The Morgan fingerprint density at radius 3 is 2.81 bits per heavy atom. The van der Waals surface area contributed by atoms with Gasteiger partial charge in [-0.15, -0.1) is 0 Å². The number of pyridine rings is 1. The minimum atomic E-state index is -0.800. The van der Waals surface area contributed by atoms with Gasteiger partial charge in [0.15, 0.2) is 23.3 Å². The summed E-state index contributed by atoms with van der Waals surface area (Å²) in [4.78, 5) is 5.66. The maximum absolute atomic E-state index is 13.6. The molecule has 16 heavy (non-hydrogen) atoms. The predicted octanol–water partition coefficient (Wildman–Crippen LogP) is 2.32. The fraction of sp³-hybridized carbons (Fsp3) is 0.545. The van der Waals surface area contributed by atoms with E-state index in [1.54, 1.807) is 0 Å². The molecule has 1 fully saturated rings. The van der Waals surface area contributed by atoms with Crippen molar-refractivity contribution >= 4 is 11.6 Å². The van der Waals surface area contributed by atoms with Crippen molar-refractivity contribution in [2.45, 2.75) is 32.2 Å². The van der Waals surface area contributed by atoms with Gasteiger partial charge in [-0.25, -0.2) is 13.8 Å². The predicted molar refractivity (Wildman–Crippen MR) is 59.2 cm³/mol. The molecule has 88 valence electrons. The fourth-order valence-corrected chi connectivity index (χ4v) is 2.08. The van der Waals surface area contributed by atoms with E-state index in [0.29, 0.717) is 0 Å². The zero-order chi connectivity index (χ0) is 11.7. The molecule has 0 aromatic carbocycles. The molecule has 0 aliphatic carbocycles. The summed E-state index contributed by atoms with van der Waals surface area (Å²) in [7, 11) is 0. The minimum absolute atomic E-state index is 0.172. The molecule has 1 aliphatic rings. The number of nitrogen functional groups attached to an aromatic ring is 1. The van der Waals surface area contributed by atoms with Crippen LogP contribution in [0, 0.1) is 11.6 Å². The average Bonchev–Trinajstić information content (AvgIpc) is 2.25. The van der Waals surface area contributed by atoms with Crippen LogP contribution in [0.4, 0.5) is 20.4 Å². The zero-order valence-corrected chi connectivity index (χ0v) is 9.21. The monoisotopic (exact) mass is 227 g/mol. The number of piperidine rings is 1. The van der Waals surface area contributed by atoms with Gasteiger partial charge in [0.25, 0.3) is 0 Å². The van der Waals surface area contributed by atoms with E-state index in [-0.39, 0.29) is 17.7 Å². The Kier molecular flexibility index (Phi) is 2.94. The molecular formula is C11H15F2N3. The molecule has 2 N–H and O–H groups in total. The van der Waals surface area contributed by atoms with Gasteiger partial charge < -0.3 is 10.6 Å². The van der Waals surface area contributed by atoms with E-state index in [1.807, 2.05) is 11.8 Å². The summed E-state index contributed by atoms with van der Waals surface area (Å²) in [5, 5.41) is 0. The van der Waals surface area contributed by atoms with Crippen molar-refractivity contribution in [2.75, 3.05) is 17.2 Å². The third-order valence-electron chi connectivity index (χ3n) is 3.01. The van der Waals surface area contributed by atoms with E-state index >= 15 is 0 Å². The molecule has 2 rings (SSSR count). The molecule has 1 aromatic rings. The number of aromatic nitrogens is 1. The summed E-state index contributed by atoms with van der Waals surface area (Å²) in [6, 6.07) is 1.03. The molecule has 1 atom stereocenters. The average molecular weight is 227 g/mol. The third kappa shape index (κ3) is 1.94. The maximum Gasteiger partial charge on any atom is 0.168 e. The minimum Gasteiger partial charge on any atom is -0.381 e. The van der Waals surface area contributed by atoms with Gasteiger partial charge in [-0.05, 0) is 26.2 Å². The Morgan fingerprint density at radius 2 is 2.12 bits per heavy atom. The van der Waals surface area contributed by atoms with Crippen LogP contribution in [0.1, 0.15) is 26.2 Å². The molecule has 1 unspecified atom stereocenters. The fourth-order valence-electron chi connectivity index (χ4n) is 2.08. The van der Waals surface area contributed by atoms with E-state index in [0.717, 1.165) is 31.9 Å². The summed E-state index contributed by atoms with van der Waals surface area (Å²) in [5.74, 6) is -1.51. The highest BCUT2D eigenvalue weighted by molar-refractivity contribution is 5.48. The molecule has 1 aliphatic heterocycles. The Hall–Kier alpha value is -1.39. The van der Waals surface area contributed by atoms with Gasteiger partial charge in [0, 0.05) is 18.7 Å². The van der Waals surface area contributed by atoms with Crippen LogP contribution >= 0.6 is 0 Å². The Bertz CT molecular complexity index is 395. The van der Waals surface area contributed by atoms with E-state index in [9.17, 15) is 8.78 Å². The van der Waals surface area contributed by atoms with E-state index < -0.39 is 11.6 Å². The Morgan fingerprint density at radius 1 is 1.38 bits per heavy atom. The number of halogens is 2. The van der Waals surface area contributed by atoms with Gasteiger partial charge in [-0.2, -0.15) is 0 Å². The first-order valence-corrected chi connectivity index (χ1v) is 5.47. The lowest BCUT2D eigenvalue weighted by atomic mass is 10.0. The molecule has 0 radical (unpaired) electrons. The number of nitrogens with two attached hydrogens (primary N) is 1. The van der Waals surface area contributed by atoms with Crippen molar-refractivity contribution in [1.29, 1.82) is 0 Å². The molecule has 0 bridgehead atoms. The van der Waals surface area contributed by atoms with Crippen LogP contribution in [0.2, 0.25) is 0 Å². The molecule has 2 heterocycles.